The van der Waals surface area contributed by atoms with E-state index in [9.17, 15) is 4.79 Å². The topological polar surface area (TPSA) is 68.5 Å². The van der Waals surface area contributed by atoms with Gasteiger partial charge in [-0.05, 0) is 38.1 Å². The number of halogens is 1. The molecule has 1 aliphatic heterocycles. The molecule has 1 aromatic heterocycles. The molecule has 6 nitrogen and oxygen atoms in total. The van der Waals surface area contributed by atoms with Crippen molar-refractivity contribution in [1.29, 1.82) is 0 Å². The number of rotatable bonds is 5. The highest BCUT2D eigenvalue weighted by molar-refractivity contribution is 6.30. The molecule has 0 spiro atoms. The van der Waals surface area contributed by atoms with Gasteiger partial charge in [0.25, 0.3) is 5.91 Å². The number of carbonyl (C=O) groups is 1. The van der Waals surface area contributed by atoms with Gasteiger partial charge in [0.05, 0.1) is 5.92 Å². The lowest BCUT2D eigenvalue weighted by Gasteiger charge is -2.41. The minimum Gasteiger partial charge on any atom is -0.478 e. The van der Waals surface area contributed by atoms with Gasteiger partial charge in [0.1, 0.15) is 5.75 Å². The highest BCUT2D eigenvalue weighted by atomic mass is 35.5. The molecule has 0 unspecified atom stereocenters. The van der Waals surface area contributed by atoms with Crippen molar-refractivity contribution in [1.82, 2.24) is 15.0 Å². The van der Waals surface area contributed by atoms with Crippen LogP contribution in [0.3, 0.4) is 0 Å². The molecule has 28 heavy (non-hydrogen) atoms. The molecule has 0 radical (unpaired) electrons. The molecule has 0 atom stereocenters. The van der Waals surface area contributed by atoms with E-state index >= 15 is 0 Å². The summed E-state index contributed by atoms with van der Waals surface area (Å²) >= 11 is 5.89. The van der Waals surface area contributed by atoms with Crippen LogP contribution in [0.1, 0.15) is 25.7 Å². The number of hydrogen-bond donors (Lipinski definition) is 0. The van der Waals surface area contributed by atoms with Crippen molar-refractivity contribution in [3.63, 3.8) is 0 Å². The van der Waals surface area contributed by atoms with Gasteiger partial charge in [-0.3, -0.25) is 4.79 Å². The second-order valence-electron chi connectivity index (χ2n) is 7.30. The van der Waals surface area contributed by atoms with Crippen LogP contribution < -0.4 is 4.74 Å². The van der Waals surface area contributed by atoms with Gasteiger partial charge in [-0.1, -0.05) is 47.1 Å². The van der Waals surface area contributed by atoms with Crippen LogP contribution in [0, 0.1) is 0 Å². The zero-order valence-corrected chi connectivity index (χ0v) is 16.4. The van der Waals surface area contributed by atoms with Gasteiger partial charge >= 0.3 is 0 Å². The third-order valence-corrected chi connectivity index (χ3v) is 4.95. The SMILES string of the molecule is CC(C)(Oc1ccc(Cl)cc1)C(=O)N1CC(c2nc(-c3ccccc3)no2)C1. The molecule has 1 amide bonds. The van der Waals surface area contributed by atoms with E-state index in [1.807, 2.05) is 30.3 Å². The monoisotopic (exact) mass is 397 g/mol. The molecule has 0 aliphatic carbocycles. The Labute approximate surface area is 168 Å². The van der Waals surface area contributed by atoms with Crippen LogP contribution in [0.25, 0.3) is 11.4 Å². The second kappa shape index (κ2) is 7.28. The summed E-state index contributed by atoms with van der Waals surface area (Å²) in [6.07, 6.45) is 0. The lowest BCUT2D eigenvalue weighted by atomic mass is 9.96. The van der Waals surface area contributed by atoms with E-state index < -0.39 is 5.60 Å². The molecule has 3 aromatic rings. The van der Waals surface area contributed by atoms with Crippen molar-refractivity contribution >= 4 is 17.5 Å². The first kappa shape index (κ1) is 18.5. The molecule has 0 saturated carbocycles. The zero-order valence-electron chi connectivity index (χ0n) is 15.6. The molecular weight excluding hydrogens is 378 g/mol. The highest BCUT2D eigenvalue weighted by Crippen LogP contribution is 2.31. The summed E-state index contributed by atoms with van der Waals surface area (Å²) in [5.74, 6) is 1.68. The van der Waals surface area contributed by atoms with Crippen LogP contribution in [0.15, 0.2) is 59.1 Å². The third-order valence-electron chi connectivity index (χ3n) is 4.69. The van der Waals surface area contributed by atoms with E-state index in [4.69, 9.17) is 20.9 Å². The van der Waals surface area contributed by atoms with Gasteiger partial charge in [0.15, 0.2) is 5.60 Å². The van der Waals surface area contributed by atoms with Crippen molar-refractivity contribution in [2.24, 2.45) is 0 Å². The Kier molecular flexibility index (Phi) is 4.81. The van der Waals surface area contributed by atoms with Gasteiger partial charge in [-0.2, -0.15) is 4.98 Å². The highest BCUT2D eigenvalue weighted by Gasteiger charge is 2.42. The normalized spacial score (nSPS) is 14.6. The molecule has 1 saturated heterocycles. The molecule has 1 aliphatic rings. The second-order valence-corrected chi connectivity index (χ2v) is 7.73. The molecule has 0 N–H and O–H groups in total. The van der Waals surface area contributed by atoms with Gasteiger partial charge < -0.3 is 14.2 Å². The molecule has 2 aromatic carbocycles. The third kappa shape index (κ3) is 3.73. The fourth-order valence-corrected chi connectivity index (χ4v) is 3.25. The predicted octanol–water partition coefficient (Wildman–Crippen LogP) is 4.17. The van der Waals surface area contributed by atoms with Gasteiger partial charge in [-0.15, -0.1) is 0 Å². The number of ether oxygens (including phenoxy) is 1. The largest absolute Gasteiger partial charge is 0.478 e. The first-order valence-corrected chi connectivity index (χ1v) is 9.43. The van der Waals surface area contributed by atoms with Crippen LogP contribution in [-0.2, 0) is 4.79 Å². The van der Waals surface area contributed by atoms with E-state index in [2.05, 4.69) is 10.1 Å². The predicted molar refractivity (Wildman–Crippen MR) is 105 cm³/mol. The van der Waals surface area contributed by atoms with E-state index in [1.165, 1.54) is 0 Å². The summed E-state index contributed by atoms with van der Waals surface area (Å²) in [5.41, 5.74) is -0.0784. The fraction of sp³-hybridized carbons (Fsp3) is 0.286. The Morgan fingerprint density at radius 1 is 1.14 bits per heavy atom. The Hall–Kier alpha value is -2.86. The van der Waals surface area contributed by atoms with Crippen LogP contribution in [0.2, 0.25) is 5.02 Å². The first-order valence-electron chi connectivity index (χ1n) is 9.05. The van der Waals surface area contributed by atoms with Crippen LogP contribution in [-0.4, -0.2) is 39.6 Å². The van der Waals surface area contributed by atoms with Crippen molar-refractivity contribution in [3.05, 3.63) is 65.5 Å². The average molecular weight is 398 g/mol. The van der Waals surface area contributed by atoms with Crippen molar-refractivity contribution in [2.45, 2.75) is 25.4 Å². The molecule has 0 bridgehead atoms. The summed E-state index contributed by atoms with van der Waals surface area (Å²) in [7, 11) is 0. The maximum Gasteiger partial charge on any atom is 0.266 e. The molecule has 144 valence electrons. The minimum atomic E-state index is -0.983. The van der Waals surface area contributed by atoms with Crippen molar-refractivity contribution in [2.75, 3.05) is 13.1 Å². The van der Waals surface area contributed by atoms with Gasteiger partial charge in [0.2, 0.25) is 11.7 Å². The average Bonchev–Trinajstić information content (AvgIpc) is 3.12. The Morgan fingerprint density at radius 3 is 2.50 bits per heavy atom. The molecular formula is C21H20ClN3O3. The Morgan fingerprint density at radius 2 is 1.82 bits per heavy atom. The summed E-state index contributed by atoms with van der Waals surface area (Å²) in [6.45, 7) is 4.58. The Balaban J connectivity index is 1.37. The number of carbonyl (C=O) groups excluding carboxylic acids is 1. The van der Waals surface area contributed by atoms with E-state index in [0.29, 0.717) is 35.6 Å². The maximum absolute atomic E-state index is 12.8. The Bertz CT molecular complexity index is 964. The van der Waals surface area contributed by atoms with Gasteiger partial charge in [-0.25, -0.2) is 0 Å². The molecule has 2 heterocycles. The fourth-order valence-electron chi connectivity index (χ4n) is 3.13. The lowest BCUT2D eigenvalue weighted by Crippen LogP contribution is -2.57. The molecule has 1 fully saturated rings. The van der Waals surface area contributed by atoms with Crippen molar-refractivity contribution in [3.8, 4) is 17.1 Å². The van der Waals surface area contributed by atoms with Crippen LogP contribution in [0.5, 0.6) is 5.75 Å². The first-order chi connectivity index (χ1) is 13.4. The quantitative estimate of drug-likeness (QED) is 0.646. The number of hydrogen-bond acceptors (Lipinski definition) is 5. The summed E-state index contributed by atoms with van der Waals surface area (Å²) in [4.78, 5) is 19.0. The number of benzene rings is 2. The minimum absolute atomic E-state index is 0.0419. The zero-order chi connectivity index (χ0) is 19.7. The smallest absolute Gasteiger partial charge is 0.266 e. The summed E-state index contributed by atoms with van der Waals surface area (Å²) in [5, 5.41) is 4.67. The number of amides is 1. The standard InChI is InChI=1S/C21H20ClN3O3/c1-21(2,27-17-10-8-16(22)9-11-17)20(26)25-12-15(13-25)19-23-18(24-28-19)14-6-4-3-5-7-14/h3-11,15H,12-13H2,1-2H3. The van der Waals surface area contributed by atoms with E-state index in [-0.39, 0.29) is 11.8 Å². The lowest BCUT2D eigenvalue weighted by molar-refractivity contribution is -0.150. The summed E-state index contributed by atoms with van der Waals surface area (Å²) in [6, 6.07) is 16.6. The summed E-state index contributed by atoms with van der Waals surface area (Å²) < 4.78 is 11.3. The number of nitrogens with zero attached hydrogens (tertiary/aromatic N) is 3. The van der Waals surface area contributed by atoms with Gasteiger partial charge in [0, 0.05) is 23.7 Å². The number of likely N-dealkylation sites (tertiary alicyclic amines) is 1. The van der Waals surface area contributed by atoms with E-state index in [0.717, 1.165) is 5.56 Å². The van der Waals surface area contributed by atoms with Crippen LogP contribution in [0.4, 0.5) is 0 Å². The van der Waals surface area contributed by atoms with E-state index in [1.54, 1.807) is 43.0 Å². The van der Waals surface area contributed by atoms with Crippen LogP contribution >= 0.6 is 11.6 Å². The molecule has 4 rings (SSSR count). The van der Waals surface area contributed by atoms with Crippen molar-refractivity contribution < 1.29 is 14.1 Å². The molecule has 7 heteroatoms. The number of aromatic nitrogens is 2. The maximum atomic E-state index is 12.8.